The molecule has 0 radical (unpaired) electrons. The predicted octanol–water partition coefficient (Wildman–Crippen LogP) is 3.66. The van der Waals surface area contributed by atoms with E-state index in [-0.39, 0.29) is 11.6 Å². The van der Waals surface area contributed by atoms with E-state index in [4.69, 9.17) is 9.47 Å². The van der Waals surface area contributed by atoms with Crippen LogP contribution in [0.4, 0.5) is 4.39 Å². The van der Waals surface area contributed by atoms with Crippen LogP contribution in [0.3, 0.4) is 0 Å². The summed E-state index contributed by atoms with van der Waals surface area (Å²) in [6.45, 7) is 2.65. The van der Waals surface area contributed by atoms with Gasteiger partial charge in [-0.3, -0.25) is 0 Å². The highest BCUT2D eigenvalue weighted by atomic mass is 19.1. The van der Waals surface area contributed by atoms with Gasteiger partial charge in [0, 0.05) is 16.6 Å². The van der Waals surface area contributed by atoms with Gasteiger partial charge < -0.3 is 19.1 Å². The molecule has 3 aromatic rings. The number of carbonyl (C=O) groups is 1. The molecule has 0 saturated carbocycles. The molecule has 0 spiro atoms. The summed E-state index contributed by atoms with van der Waals surface area (Å²) in [6, 6.07) is 10.7. The van der Waals surface area contributed by atoms with Gasteiger partial charge in [0.25, 0.3) is 0 Å². The molecule has 25 heavy (non-hydrogen) atoms. The Balaban J connectivity index is 1.89. The molecular weight excluding hydrogens is 325 g/mol. The number of carbonyl (C=O) groups excluding carboxylic acids is 1. The van der Waals surface area contributed by atoms with Crippen molar-refractivity contribution in [3.63, 3.8) is 0 Å². The Bertz CT molecular complexity index is 915. The molecule has 1 aromatic heterocycles. The number of benzene rings is 2. The Morgan fingerprint density at radius 1 is 1.20 bits per heavy atom. The lowest BCUT2D eigenvalue weighted by atomic mass is 10.1. The molecule has 0 aliphatic heterocycles. The molecular formula is C19H18FNO4. The highest BCUT2D eigenvalue weighted by molar-refractivity contribution is 6.06. The SMILES string of the molecule is COC(=O)c1c(C)n(CCOc2ccc(F)cc2)c2ccc(O)cc12. The smallest absolute Gasteiger partial charge is 0.340 e. The lowest BCUT2D eigenvalue weighted by molar-refractivity contribution is 0.0601. The molecule has 0 aliphatic carbocycles. The van der Waals surface area contributed by atoms with Crippen molar-refractivity contribution >= 4 is 16.9 Å². The fraction of sp³-hybridized carbons (Fsp3) is 0.211. The summed E-state index contributed by atoms with van der Waals surface area (Å²) in [5, 5.41) is 10.4. The van der Waals surface area contributed by atoms with Gasteiger partial charge in [-0.15, -0.1) is 0 Å². The molecule has 0 bridgehead atoms. The van der Waals surface area contributed by atoms with Crippen LogP contribution in [0, 0.1) is 12.7 Å². The van der Waals surface area contributed by atoms with E-state index in [1.807, 2.05) is 11.5 Å². The van der Waals surface area contributed by atoms with Gasteiger partial charge >= 0.3 is 5.97 Å². The zero-order chi connectivity index (χ0) is 18.0. The molecule has 3 rings (SSSR count). The number of methoxy groups -OCH3 is 1. The average molecular weight is 343 g/mol. The van der Waals surface area contributed by atoms with Crippen LogP contribution in [-0.4, -0.2) is 29.4 Å². The summed E-state index contributed by atoms with van der Waals surface area (Å²) in [4.78, 5) is 12.1. The maximum Gasteiger partial charge on any atom is 0.340 e. The van der Waals surface area contributed by atoms with Crippen molar-refractivity contribution in [3.8, 4) is 11.5 Å². The summed E-state index contributed by atoms with van der Waals surface area (Å²) < 4.78 is 25.4. The number of halogens is 1. The number of hydrogen-bond donors (Lipinski definition) is 1. The lowest BCUT2D eigenvalue weighted by Crippen LogP contribution is -2.11. The van der Waals surface area contributed by atoms with E-state index >= 15 is 0 Å². The van der Waals surface area contributed by atoms with Crippen molar-refractivity contribution in [1.82, 2.24) is 4.57 Å². The number of aromatic nitrogens is 1. The number of phenolic OH excluding ortho intramolecular Hbond substituents is 1. The van der Waals surface area contributed by atoms with Crippen molar-refractivity contribution in [3.05, 3.63) is 59.5 Å². The van der Waals surface area contributed by atoms with Crippen LogP contribution in [0.5, 0.6) is 11.5 Å². The van der Waals surface area contributed by atoms with E-state index in [9.17, 15) is 14.3 Å². The van der Waals surface area contributed by atoms with E-state index in [1.165, 1.54) is 19.2 Å². The minimum absolute atomic E-state index is 0.0809. The first-order valence-corrected chi connectivity index (χ1v) is 7.79. The van der Waals surface area contributed by atoms with E-state index < -0.39 is 5.97 Å². The second-order valence-corrected chi connectivity index (χ2v) is 5.61. The Kier molecular flexibility index (Phi) is 4.61. The number of ether oxygens (including phenoxy) is 2. The fourth-order valence-electron chi connectivity index (χ4n) is 2.90. The van der Waals surface area contributed by atoms with Crippen LogP contribution in [0.2, 0.25) is 0 Å². The van der Waals surface area contributed by atoms with E-state index in [1.54, 1.807) is 30.3 Å². The molecule has 0 amide bonds. The minimum Gasteiger partial charge on any atom is -0.508 e. The summed E-state index contributed by atoms with van der Waals surface area (Å²) in [7, 11) is 1.32. The standard InChI is InChI=1S/C19H18FNO4/c1-12-18(19(23)24-2)16-11-14(22)5-8-17(16)21(12)9-10-25-15-6-3-13(20)4-7-15/h3-8,11,22H,9-10H2,1-2H3. The van der Waals surface area contributed by atoms with Gasteiger partial charge in [-0.05, 0) is 49.4 Å². The first-order valence-electron chi connectivity index (χ1n) is 7.79. The average Bonchev–Trinajstić information content (AvgIpc) is 2.87. The van der Waals surface area contributed by atoms with Gasteiger partial charge in [0.05, 0.1) is 19.2 Å². The summed E-state index contributed by atoms with van der Waals surface area (Å²) >= 11 is 0. The number of aromatic hydroxyl groups is 1. The van der Waals surface area contributed by atoms with Crippen LogP contribution in [0.15, 0.2) is 42.5 Å². The Hall–Kier alpha value is -3.02. The third kappa shape index (κ3) is 3.28. The Labute approximate surface area is 144 Å². The maximum atomic E-state index is 12.9. The van der Waals surface area contributed by atoms with Gasteiger partial charge in [0.15, 0.2) is 0 Å². The summed E-state index contributed by atoms with van der Waals surface area (Å²) in [5.41, 5.74) is 1.96. The third-order valence-electron chi connectivity index (χ3n) is 4.09. The van der Waals surface area contributed by atoms with Crippen LogP contribution in [-0.2, 0) is 11.3 Å². The number of nitrogens with zero attached hydrogens (tertiary/aromatic N) is 1. The number of esters is 1. The minimum atomic E-state index is -0.452. The van der Waals surface area contributed by atoms with Crippen LogP contribution in [0.25, 0.3) is 10.9 Å². The quantitative estimate of drug-likeness (QED) is 0.718. The predicted molar refractivity (Wildman–Crippen MR) is 91.6 cm³/mol. The molecule has 5 nitrogen and oxygen atoms in total. The normalized spacial score (nSPS) is 10.8. The van der Waals surface area contributed by atoms with E-state index in [2.05, 4.69) is 0 Å². The van der Waals surface area contributed by atoms with Gasteiger partial charge in [-0.2, -0.15) is 0 Å². The largest absolute Gasteiger partial charge is 0.508 e. The molecule has 0 saturated heterocycles. The van der Waals surface area contributed by atoms with E-state index in [0.29, 0.717) is 29.9 Å². The zero-order valence-corrected chi connectivity index (χ0v) is 14.0. The van der Waals surface area contributed by atoms with Crippen molar-refractivity contribution in [2.24, 2.45) is 0 Å². The molecule has 1 N–H and O–H groups in total. The number of fused-ring (bicyclic) bond motifs is 1. The van der Waals surface area contributed by atoms with Gasteiger partial charge in [0.2, 0.25) is 0 Å². The van der Waals surface area contributed by atoms with Crippen molar-refractivity contribution in [2.45, 2.75) is 13.5 Å². The van der Waals surface area contributed by atoms with Crippen molar-refractivity contribution < 1.29 is 23.8 Å². The summed E-state index contributed by atoms with van der Waals surface area (Å²) in [5.74, 6) is -0.118. The van der Waals surface area contributed by atoms with E-state index in [0.717, 1.165) is 11.2 Å². The van der Waals surface area contributed by atoms with Crippen molar-refractivity contribution in [2.75, 3.05) is 13.7 Å². The van der Waals surface area contributed by atoms with Crippen molar-refractivity contribution in [1.29, 1.82) is 0 Å². The van der Waals surface area contributed by atoms with Crippen LogP contribution in [0.1, 0.15) is 16.1 Å². The maximum absolute atomic E-state index is 12.9. The number of rotatable bonds is 5. The molecule has 2 aromatic carbocycles. The fourth-order valence-corrected chi connectivity index (χ4v) is 2.90. The second kappa shape index (κ2) is 6.84. The molecule has 6 heteroatoms. The van der Waals surface area contributed by atoms with Gasteiger partial charge in [0.1, 0.15) is 23.9 Å². The molecule has 0 aliphatic rings. The first-order chi connectivity index (χ1) is 12.0. The second-order valence-electron chi connectivity index (χ2n) is 5.61. The van der Waals surface area contributed by atoms with Gasteiger partial charge in [-0.25, -0.2) is 9.18 Å². The van der Waals surface area contributed by atoms with Crippen LogP contribution >= 0.6 is 0 Å². The molecule has 0 unspecified atom stereocenters. The van der Waals surface area contributed by atoms with Gasteiger partial charge in [-0.1, -0.05) is 0 Å². The van der Waals surface area contributed by atoms with Crippen LogP contribution < -0.4 is 4.74 Å². The summed E-state index contributed by atoms with van der Waals surface area (Å²) in [6.07, 6.45) is 0. The zero-order valence-electron chi connectivity index (χ0n) is 14.0. The Morgan fingerprint density at radius 3 is 2.60 bits per heavy atom. The molecule has 130 valence electrons. The monoisotopic (exact) mass is 343 g/mol. The first kappa shape index (κ1) is 16.8. The lowest BCUT2D eigenvalue weighted by Gasteiger charge is -2.10. The third-order valence-corrected chi connectivity index (χ3v) is 4.09. The topological polar surface area (TPSA) is 60.7 Å². The Morgan fingerprint density at radius 2 is 1.92 bits per heavy atom. The highest BCUT2D eigenvalue weighted by Crippen LogP contribution is 2.29. The number of phenols is 1. The molecule has 0 atom stereocenters. The molecule has 0 fully saturated rings. The number of hydrogen-bond acceptors (Lipinski definition) is 4. The molecule has 1 heterocycles. The highest BCUT2D eigenvalue weighted by Gasteiger charge is 2.20.